The average molecular weight is 232 g/mol. The molecule has 0 saturated heterocycles. The first-order valence-electron chi connectivity index (χ1n) is 5.14. The molecule has 1 aromatic heterocycles. The van der Waals surface area contributed by atoms with Crippen molar-refractivity contribution in [2.45, 2.75) is 13.5 Å². The van der Waals surface area contributed by atoms with E-state index in [-0.39, 0.29) is 17.9 Å². The monoisotopic (exact) mass is 232 g/mol. The molecule has 0 aliphatic carbocycles. The number of hydrogen-bond donors (Lipinski definition) is 0. The van der Waals surface area contributed by atoms with E-state index in [2.05, 4.69) is 4.98 Å². The molecule has 0 spiro atoms. The number of aromatic nitrogens is 2. The van der Waals surface area contributed by atoms with Crippen LogP contribution in [-0.4, -0.2) is 22.4 Å². The third-order valence-electron chi connectivity index (χ3n) is 2.42. The van der Waals surface area contributed by atoms with Crippen LogP contribution in [0.4, 0.5) is 0 Å². The Bertz CT molecular complexity index is 631. The van der Waals surface area contributed by atoms with Gasteiger partial charge in [0.25, 0.3) is 5.56 Å². The molecule has 0 fully saturated rings. The van der Waals surface area contributed by atoms with Crippen LogP contribution >= 0.6 is 0 Å². The number of benzene rings is 1. The average Bonchev–Trinajstić information content (AvgIpc) is 2.32. The fraction of sp³-hybridized carbons (Fsp3) is 0.250. The molecule has 2 rings (SSSR count). The molecule has 0 N–H and O–H groups in total. The van der Waals surface area contributed by atoms with Crippen LogP contribution in [0.25, 0.3) is 10.9 Å². The highest BCUT2D eigenvalue weighted by Gasteiger charge is 2.06. The standard InChI is InChI=1S/C12H12N2O3/c1-8(15)6-14-7-13-11-4-3-9(17-2)5-10(11)12(14)16/h3-5,7H,6H2,1-2H3. The van der Waals surface area contributed by atoms with Gasteiger partial charge in [-0.15, -0.1) is 0 Å². The first-order chi connectivity index (χ1) is 8.11. The van der Waals surface area contributed by atoms with Crippen LogP contribution in [0, 0.1) is 0 Å². The number of carbonyl (C=O) groups is 1. The Labute approximate surface area is 97.7 Å². The van der Waals surface area contributed by atoms with Crippen LogP contribution < -0.4 is 10.3 Å². The molecule has 0 saturated carbocycles. The summed E-state index contributed by atoms with van der Waals surface area (Å²) in [4.78, 5) is 27.2. The van der Waals surface area contributed by atoms with E-state index in [0.717, 1.165) is 0 Å². The van der Waals surface area contributed by atoms with Crippen molar-refractivity contribution in [3.63, 3.8) is 0 Å². The first kappa shape index (κ1) is 11.3. The van der Waals surface area contributed by atoms with E-state index in [1.807, 2.05) is 0 Å². The summed E-state index contributed by atoms with van der Waals surface area (Å²) >= 11 is 0. The van der Waals surface area contributed by atoms with E-state index in [9.17, 15) is 9.59 Å². The zero-order chi connectivity index (χ0) is 12.4. The number of fused-ring (bicyclic) bond motifs is 1. The maximum Gasteiger partial charge on any atom is 0.261 e. The second kappa shape index (κ2) is 4.37. The fourth-order valence-electron chi connectivity index (χ4n) is 1.62. The quantitative estimate of drug-likeness (QED) is 0.791. The van der Waals surface area contributed by atoms with Gasteiger partial charge >= 0.3 is 0 Å². The summed E-state index contributed by atoms with van der Waals surface area (Å²) in [6.45, 7) is 1.47. The second-order valence-corrected chi connectivity index (χ2v) is 3.76. The molecule has 17 heavy (non-hydrogen) atoms. The van der Waals surface area contributed by atoms with Gasteiger partial charge in [-0.25, -0.2) is 4.98 Å². The molecule has 0 amide bonds. The van der Waals surface area contributed by atoms with Crippen LogP contribution in [0.2, 0.25) is 0 Å². The molecule has 1 heterocycles. The number of hydrogen-bond acceptors (Lipinski definition) is 4. The van der Waals surface area contributed by atoms with E-state index in [4.69, 9.17) is 4.74 Å². The van der Waals surface area contributed by atoms with E-state index in [1.165, 1.54) is 24.9 Å². The van der Waals surface area contributed by atoms with Crippen LogP contribution in [0.15, 0.2) is 29.3 Å². The molecule has 5 nitrogen and oxygen atoms in total. The van der Waals surface area contributed by atoms with Crippen molar-refractivity contribution < 1.29 is 9.53 Å². The number of rotatable bonds is 3. The van der Waals surface area contributed by atoms with Crippen LogP contribution in [-0.2, 0) is 11.3 Å². The summed E-state index contributed by atoms with van der Waals surface area (Å²) in [5, 5.41) is 0.452. The van der Waals surface area contributed by atoms with Crippen molar-refractivity contribution in [3.8, 4) is 5.75 Å². The topological polar surface area (TPSA) is 61.2 Å². The zero-order valence-corrected chi connectivity index (χ0v) is 9.64. The van der Waals surface area contributed by atoms with Crippen molar-refractivity contribution >= 4 is 16.7 Å². The van der Waals surface area contributed by atoms with Crippen molar-refractivity contribution in [3.05, 3.63) is 34.9 Å². The minimum absolute atomic E-state index is 0.0407. The van der Waals surface area contributed by atoms with E-state index in [1.54, 1.807) is 18.2 Å². The van der Waals surface area contributed by atoms with Gasteiger partial charge in [0.1, 0.15) is 11.5 Å². The van der Waals surface area contributed by atoms with Crippen LogP contribution in [0.3, 0.4) is 0 Å². The molecule has 0 unspecified atom stereocenters. The predicted octanol–water partition coefficient (Wildman–Crippen LogP) is 0.994. The van der Waals surface area contributed by atoms with Crippen LogP contribution in [0.1, 0.15) is 6.92 Å². The normalized spacial score (nSPS) is 10.5. The molecule has 88 valence electrons. The lowest BCUT2D eigenvalue weighted by molar-refractivity contribution is -0.117. The SMILES string of the molecule is COc1ccc2ncn(CC(C)=O)c(=O)c2c1. The Morgan fingerprint density at radius 3 is 2.88 bits per heavy atom. The van der Waals surface area contributed by atoms with Crippen molar-refractivity contribution in [1.82, 2.24) is 9.55 Å². The van der Waals surface area contributed by atoms with Gasteiger partial charge in [0.15, 0.2) is 0 Å². The molecule has 0 bridgehead atoms. The molecule has 2 aromatic rings. The van der Waals surface area contributed by atoms with E-state index in [0.29, 0.717) is 16.7 Å². The summed E-state index contributed by atoms with van der Waals surface area (Å²) in [5.74, 6) is 0.508. The highest BCUT2D eigenvalue weighted by molar-refractivity contribution is 5.80. The van der Waals surface area contributed by atoms with Gasteiger partial charge in [0, 0.05) is 0 Å². The Morgan fingerprint density at radius 2 is 2.24 bits per heavy atom. The largest absolute Gasteiger partial charge is 0.497 e. The first-order valence-corrected chi connectivity index (χ1v) is 5.14. The summed E-state index contributed by atoms with van der Waals surface area (Å²) in [6, 6.07) is 5.08. The molecule has 1 aromatic carbocycles. The number of ketones is 1. The summed E-state index contributed by atoms with van der Waals surface area (Å²) in [5.41, 5.74) is 0.361. The van der Waals surface area contributed by atoms with E-state index >= 15 is 0 Å². The molecule has 0 aliphatic heterocycles. The highest BCUT2D eigenvalue weighted by atomic mass is 16.5. The molecule has 0 aliphatic rings. The molecule has 5 heteroatoms. The summed E-state index contributed by atoms with van der Waals surface area (Å²) < 4.78 is 6.35. The second-order valence-electron chi connectivity index (χ2n) is 3.76. The Hall–Kier alpha value is -2.17. The number of methoxy groups -OCH3 is 1. The maximum atomic E-state index is 12.0. The van der Waals surface area contributed by atoms with Gasteiger partial charge in [-0.1, -0.05) is 0 Å². The molecule has 0 radical (unpaired) electrons. The lowest BCUT2D eigenvalue weighted by Gasteiger charge is -2.05. The van der Waals surface area contributed by atoms with E-state index < -0.39 is 0 Å². The summed E-state index contributed by atoms with van der Waals surface area (Å²) in [7, 11) is 1.53. The minimum atomic E-state index is -0.232. The number of carbonyl (C=O) groups excluding carboxylic acids is 1. The van der Waals surface area contributed by atoms with Gasteiger partial charge in [-0.3, -0.25) is 14.2 Å². The van der Waals surface area contributed by atoms with Gasteiger partial charge in [-0.05, 0) is 25.1 Å². The lowest BCUT2D eigenvalue weighted by Crippen LogP contribution is -2.23. The maximum absolute atomic E-state index is 12.0. The number of ether oxygens (including phenoxy) is 1. The van der Waals surface area contributed by atoms with Gasteiger partial charge in [0.05, 0.1) is 30.9 Å². The third-order valence-corrected chi connectivity index (χ3v) is 2.42. The van der Waals surface area contributed by atoms with Crippen LogP contribution in [0.5, 0.6) is 5.75 Å². The molecular weight excluding hydrogens is 220 g/mol. The number of Topliss-reactive ketones (excluding diaryl/α,β-unsaturated/α-hetero) is 1. The van der Waals surface area contributed by atoms with Gasteiger partial charge in [0.2, 0.25) is 0 Å². The van der Waals surface area contributed by atoms with Crippen molar-refractivity contribution in [1.29, 1.82) is 0 Å². The Kier molecular flexibility index (Phi) is 2.91. The minimum Gasteiger partial charge on any atom is -0.497 e. The van der Waals surface area contributed by atoms with Gasteiger partial charge < -0.3 is 4.74 Å². The Morgan fingerprint density at radius 1 is 1.47 bits per heavy atom. The third kappa shape index (κ3) is 2.18. The predicted molar refractivity (Wildman–Crippen MR) is 63.2 cm³/mol. The highest BCUT2D eigenvalue weighted by Crippen LogP contribution is 2.15. The van der Waals surface area contributed by atoms with Crippen molar-refractivity contribution in [2.75, 3.05) is 7.11 Å². The zero-order valence-electron chi connectivity index (χ0n) is 9.64. The summed E-state index contributed by atoms with van der Waals surface area (Å²) in [6.07, 6.45) is 1.39. The fourth-order valence-corrected chi connectivity index (χ4v) is 1.62. The smallest absolute Gasteiger partial charge is 0.261 e. The molecular formula is C12H12N2O3. The molecule has 0 atom stereocenters. The Balaban J connectivity index is 2.64. The number of nitrogens with zero attached hydrogens (tertiary/aromatic N) is 2. The van der Waals surface area contributed by atoms with Crippen molar-refractivity contribution in [2.24, 2.45) is 0 Å². The van der Waals surface area contributed by atoms with Gasteiger partial charge in [-0.2, -0.15) is 0 Å². The lowest BCUT2D eigenvalue weighted by atomic mass is 10.2.